The van der Waals surface area contributed by atoms with Crippen LogP contribution in [0, 0.1) is 18.3 Å². The lowest BCUT2D eigenvalue weighted by molar-refractivity contribution is -0.134. The number of para-hydroxylation sites is 3. The van der Waals surface area contributed by atoms with Gasteiger partial charge in [-0.2, -0.15) is 5.26 Å². The first-order valence-electron chi connectivity index (χ1n) is 15.9. The number of methoxy groups -OCH3 is 3. The Bertz CT molecular complexity index is 2130. The first-order chi connectivity index (χ1) is 25.8. The fourth-order valence-corrected chi connectivity index (χ4v) is 4.67. The van der Waals surface area contributed by atoms with E-state index in [1.165, 1.54) is 47.1 Å². The Kier molecular flexibility index (Phi) is 14.5. The zero-order valence-corrected chi connectivity index (χ0v) is 29.6. The molecule has 0 aliphatic rings. The molecule has 0 aliphatic heterocycles. The van der Waals surface area contributed by atoms with E-state index in [1.807, 2.05) is 49.4 Å². The molecule has 0 spiro atoms. The summed E-state index contributed by atoms with van der Waals surface area (Å²) in [6.07, 6.45) is 2.55. The van der Waals surface area contributed by atoms with Gasteiger partial charge < -0.3 is 33.3 Å². The lowest BCUT2D eigenvalue weighted by atomic mass is 10.0. The number of nitriles is 1. The predicted molar refractivity (Wildman–Crippen MR) is 194 cm³/mol. The van der Waals surface area contributed by atoms with Crippen molar-refractivity contribution in [3.8, 4) is 35.1 Å². The van der Waals surface area contributed by atoms with Crippen molar-refractivity contribution in [2.75, 3.05) is 28.4 Å². The minimum atomic E-state index is -0.576. The van der Waals surface area contributed by atoms with E-state index in [0.29, 0.717) is 34.8 Å². The fraction of sp³-hybridized carbons (Fsp3) is 0.150. The minimum absolute atomic E-state index is 0.110. The van der Waals surface area contributed by atoms with Crippen molar-refractivity contribution in [2.45, 2.75) is 13.5 Å². The molecule has 5 rings (SSSR count). The van der Waals surface area contributed by atoms with E-state index in [1.54, 1.807) is 54.6 Å². The van der Waals surface area contributed by atoms with E-state index in [-0.39, 0.29) is 23.0 Å². The van der Waals surface area contributed by atoms with Gasteiger partial charge in [0.05, 0.1) is 39.2 Å². The maximum Gasteiger partial charge on any atom is 0.360 e. The molecule has 4 aromatic carbocycles. The lowest BCUT2D eigenvalue weighted by Crippen LogP contribution is -2.19. The van der Waals surface area contributed by atoms with Crippen LogP contribution in [0.2, 0.25) is 0 Å². The topological polar surface area (TPSA) is 161 Å². The average Bonchev–Trinajstić information content (AvgIpc) is 3.19. The average molecular weight is 717 g/mol. The van der Waals surface area contributed by atoms with E-state index >= 15 is 0 Å². The molecule has 0 N–H and O–H groups in total. The molecule has 270 valence electrons. The molecule has 0 aliphatic carbocycles. The van der Waals surface area contributed by atoms with Gasteiger partial charge in [0, 0.05) is 11.1 Å². The summed E-state index contributed by atoms with van der Waals surface area (Å²) in [4.78, 5) is 36.9. The number of oxime groups is 1. The summed E-state index contributed by atoms with van der Waals surface area (Å²) in [5, 5.41) is 13.0. The summed E-state index contributed by atoms with van der Waals surface area (Å²) in [5.41, 5.74) is 3.61. The van der Waals surface area contributed by atoms with E-state index in [0.717, 1.165) is 16.9 Å². The Balaban J connectivity index is 0.000000245. The smallest absolute Gasteiger partial charge is 0.360 e. The second-order valence-corrected chi connectivity index (χ2v) is 10.6. The monoisotopic (exact) mass is 716 g/mol. The molecule has 0 atom stereocenters. The van der Waals surface area contributed by atoms with Gasteiger partial charge >= 0.3 is 11.9 Å². The SMILES string of the molecule is CO/C=C(\C(=O)OC)c1ccccc1Oc1cc(Oc2ccccc2C#N)ncn1.CO/N=C(\C(=O)OC)c1ccccc1COc1ccccc1C. The maximum absolute atomic E-state index is 12.1. The summed E-state index contributed by atoms with van der Waals surface area (Å²) < 4.78 is 32.0. The number of carbonyl (C=O) groups excluding carboxylic acids is 2. The Morgan fingerprint density at radius 1 is 0.736 bits per heavy atom. The summed E-state index contributed by atoms with van der Waals surface area (Å²) >= 11 is 0. The molecule has 1 aromatic heterocycles. The number of ether oxygens (including phenoxy) is 6. The lowest BCUT2D eigenvalue weighted by Gasteiger charge is -2.12. The number of aryl methyl sites for hydroxylation is 1. The molecule has 53 heavy (non-hydrogen) atoms. The third-order valence-corrected chi connectivity index (χ3v) is 7.18. The molecule has 0 saturated heterocycles. The molecule has 0 unspecified atom stereocenters. The fourth-order valence-electron chi connectivity index (χ4n) is 4.67. The van der Waals surface area contributed by atoms with Gasteiger partial charge in [0.2, 0.25) is 11.8 Å². The summed E-state index contributed by atoms with van der Waals surface area (Å²) in [6, 6.07) is 32.3. The zero-order valence-electron chi connectivity index (χ0n) is 29.6. The van der Waals surface area contributed by atoms with Gasteiger partial charge in [-0.1, -0.05) is 78.0 Å². The van der Waals surface area contributed by atoms with E-state index in [4.69, 9.17) is 33.3 Å². The summed E-state index contributed by atoms with van der Waals surface area (Å²) in [5.74, 6) is 0.757. The highest BCUT2D eigenvalue weighted by molar-refractivity contribution is 6.43. The van der Waals surface area contributed by atoms with E-state index in [9.17, 15) is 14.9 Å². The number of carbonyl (C=O) groups is 2. The van der Waals surface area contributed by atoms with Crippen LogP contribution in [0.25, 0.3) is 5.57 Å². The Morgan fingerprint density at radius 2 is 1.32 bits per heavy atom. The van der Waals surface area contributed by atoms with Crippen molar-refractivity contribution in [3.63, 3.8) is 0 Å². The molecular weight excluding hydrogens is 680 g/mol. The highest BCUT2D eigenvalue weighted by Crippen LogP contribution is 2.32. The van der Waals surface area contributed by atoms with Crippen LogP contribution >= 0.6 is 0 Å². The minimum Gasteiger partial charge on any atom is -0.503 e. The largest absolute Gasteiger partial charge is 0.503 e. The Hall–Kier alpha value is -7.20. The number of esters is 2. The number of nitrogens with zero attached hydrogens (tertiary/aromatic N) is 4. The zero-order chi connectivity index (χ0) is 38.0. The van der Waals surface area contributed by atoms with Gasteiger partial charge in [-0.3, -0.25) is 0 Å². The van der Waals surface area contributed by atoms with Crippen molar-refractivity contribution in [2.24, 2.45) is 5.16 Å². The van der Waals surface area contributed by atoms with Crippen molar-refractivity contribution < 1.29 is 42.8 Å². The number of aromatic nitrogens is 2. The van der Waals surface area contributed by atoms with Gasteiger partial charge in [-0.05, 0) is 42.3 Å². The van der Waals surface area contributed by atoms with Crippen molar-refractivity contribution >= 4 is 23.2 Å². The number of hydrogen-bond acceptors (Lipinski definition) is 13. The van der Waals surface area contributed by atoms with Crippen molar-refractivity contribution in [1.82, 2.24) is 9.97 Å². The molecule has 0 fully saturated rings. The van der Waals surface area contributed by atoms with Crippen LogP contribution in [-0.2, 0) is 35.2 Å². The van der Waals surface area contributed by atoms with Crippen LogP contribution in [0.4, 0.5) is 0 Å². The molecule has 0 saturated carbocycles. The normalized spacial score (nSPS) is 10.8. The van der Waals surface area contributed by atoms with Crippen LogP contribution in [0.15, 0.2) is 121 Å². The maximum atomic E-state index is 12.1. The second-order valence-electron chi connectivity index (χ2n) is 10.6. The second kappa shape index (κ2) is 19.9. The van der Waals surface area contributed by atoms with Crippen molar-refractivity contribution in [3.05, 3.63) is 144 Å². The predicted octanol–water partition coefficient (Wildman–Crippen LogP) is 7.19. The van der Waals surface area contributed by atoms with E-state index in [2.05, 4.69) is 21.2 Å². The third-order valence-electron chi connectivity index (χ3n) is 7.18. The molecule has 0 amide bonds. The highest BCUT2D eigenvalue weighted by atomic mass is 16.6. The van der Waals surface area contributed by atoms with Crippen LogP contribution in [-0.4, -0.2) is 56.1 Å². The van der Waals surface area contributed by atoms with Gasteiger partial charge in [0.15, 0.2) is 5.71 Å². The van der Waals surface area contributed by atoms with Gasteiger partial charge in [-0.15, -0.1) is 0 Å². The Morgan fingerprint density at radius 3 is 1.96 bits per heavy atom. The van der Waals surface area contributed by atoms with Gasteiger partial charge in [-0.25, -0.2) is 19.6 Å². The molecule has 0 bridgehead atoms. The number of rotatable bonds is 13. The number of benzene rings is 4. The van der Waals surface area contributed by atoms with Gasteiger partial charge in [0.25, 0.3) is 0 Å². The van der Waals surface area contributed by atoms with Crippen LogP contribution in [0.3, 0.4) is 0 Å². The number of hydrogen-bond donors (Lipinski definition) is 0. The molecule has 0 radical (unpaired) electrons. The first-order valence-corrected chi connectivity index (χ1v) is 15.9. The van der Waals surface area contributed by atoms with E-state index < -0.39 is 11.9 Å². The van der Waals surface area contributed by atoms with Crippen LogP contribution in [0.1, 0.15) is 27.8 Å². The van der Waals surface area contributed by atoms with Gasteiger partial charge in [0.1, 0.15) is 48.9 Å². The standard InChI is InChI=1S/C22H17N3O5.C18H19NO4/c1-27-13-17(22(26)28-2)16-8-4-6-10-19(16)30-21-11-20(24-14-25-21)29-18-9-5-3-7-15(18)12-23;1-13-8-4-7-11-16(13)23-12-14-9-5-6-10-15(14)17(19-22-3)18(20)21-2/h3-11,13-14H,1-2H3;4-11H,12H2,1-3H3/b17-13-;19-17-. The summed E-state index contributed by atoms with van der Waals surface area (Å²) in [6.45, 7) is 2.29. The first kappa shape index (κ1) is 38.6. The highest BCUT2D eigenvalue weighted by Gasteiger charge is 2.20. The quantitative estimate of drug-likeness (QED) is 0.0397. The Labute approximate surface area is 306 Å². The van der Waals surface area contributed by atoms with Crippen LogP contribution < -0.4 is 14.2 Å². The van der Waals surface area contributed by atoms with Crippen LogP contribution in [0.5, 0.6) is 29.0 Å². The summed E-state index contributed by atoms with van der Waals surface area (Å²) in [7, 11) is 5.40. The van der Waals surface area contributed by atoms with Crippen molar-refractivity contribution in [1.29, 1.82) is 5.26 Å². The molecule has 13 nitrogen and oxygen atoms in total. The molecule has 13 heteroatoms. The third kappa shape index (κ3) is 10.6. The molecule has 1 heterocycles. The molecular formula is C40H36N4O9. The molecule has 5 aromatic rings.